The van der Waals surface area contributed by atoms with Gasteiger partial charge in [-0.2, -0.15) is 0 Å². The average molecular weight is 911 g/mol. The summed E-state index contributed by atoms with van der Waals surface area (Å²) < 4.78 is 22.2. The number of rotatable bonds is 41. The zero-order chi connectivity index (χ0) is 47.3. The summed E-state index contributed by atoms with van der Waals surface area (Å²) in [5.74, 6) is -0.839. The fourth-order valence-corrected chi connectivity index (χ4v) is 7.05. The summed E-state index contributed by atoms with van der Waals surface area (Å²) in [5.41, 5.74) is 0. The van der Waals surface area contributed by atoms with Crippen LogP contribution in [-0.4, -0.2) is 89.0 Å². The Balaban J connectivity index is 2.30. The minimum atomic E-state index is -1.61. The quantitative estimate of drug-likeness (QED) is 0.0265. The van der Waals surface area contributed by atoms with Crippen molar-refractivity contribution in [3.05, 3.63) is 97.2 Å². The van der Waals surface area contributed by atoms with Crippen LogP contribution in [0.1, 0.15) is 181 Å². The molecule has 0 bridgehead atoms. The molecule has 65 heavy (non-hydrogen) atoms. The molecule has 0 radical (unpaired) electrons. The number of aliphatic hydroxyl groups is 4. The number of ether oxygens (including phenoxy) is 4. The van der Waals surface area contributed by atoms with E-state index in [1.54, 1.807) is 0 Å². The van der Waals surface area contributed by atoms with Crippen LogP contribution in [0.25, 0.3) is 0 Å². The predicted octanol–water partition coefficient (Wildman–Crippen LogP) is 11.9. The SMILES string of the molecule is CC/C=C\C/C=C\C/C=C\C/C=C\CCCCCCCCCCC(=O)OC(COC(=O)CCCCCCCC/C=C\C/C=C\C/C=C\C/C=C\CC)COC1OC(CO)C(O)C(O)C1O. The van der Waals surface area contributed by atoms with Gasteiger partial charge in [-0.3, -0.25) is 9.59 Å². The summed E-state index contributed by atoms with van der Waals surface area (Å²) in [6.07, 6.45) is 52.6. The summed E-state index contributed by atoms with van der Waals surface area (Å²) in [4.78, 5) is 25.5. The minimum absolute atomic E-state index is 0.211. The largest absolute Gasteiger partial charge is 0.462 e. The molecule has 370 valence electrons. The highest BCUT2D eigenvalue weighted by molar-refractivity contribution is 5.70. The standard InChI is InChI=1S/C55H90O10/c1-3-5-7-9-11-13-15-17-19-21-23-24-26-28-30-32-34-36-38-40-42-44-51(58)64-48(47-63-55-54(61)53(60)52(59)49(45-56)65-55)46-62-50(57)43-41-39-37-35-33-31-29-27-25-22-20-18-16-14-12-10-8-6-4-2/h5-8,11-14,17-20,23-25,27,48-49,52-56,59-61H,3-4,9-10,15-16,21-22,26,28-47H2,1-2H3/b7-5-,8-6-,13-11-,14-12-,19-17-,20-18-,24-23-,27-25-. The van der Waals surface area contributed by atoms with Gasteiger partial charge in [-0.1, -0.05) is 175 Å². The molecular formula is C55H90O10. The Morgan fingerprint density at radius 2 is 0.862 bits per heavy atom. The van der Waals surface area contributed by atoms with E-state index in [1.807, 2.05) is 0 Å². The molecule has 0 aromatic carbocycles. The van der Waals surface area contributed by atoms with E-state index in [-0.39, 0.29) is 26.1 Å². The van der Waals surface area contributed by atoms with Crippen molar-refractivity contribution >= 4 is 11.9 Å². The smallest absolute Gasteiger partial charge is 0.306 e. The molecule has 1 aliphatic rings. The number of allylic oxidation sites excluding steroid dienone is 16. The van der Waals surface area contributed by atoms with Crippen molar-refractivity contribution in [1.82, 2.24) is 0 Å². The van der Waals surface area contributed by atoms with Gasteiger partial charge in [0.05, 0.1) is 13.2 Å². The second-order valence-electron chi connectivity index (χ2n) is 16.9. The molecule has 0 aromatic heterocycles. The monoisotopic (exact) mass is 911 g/mol. The topological polar surface area (TPSA) is 152 Å². The van der Waals surface area contributed by atoms with Crippen molar-refractivity contribution in [2.24, 2.45) is 0 Å². The Morgan fingerprint density at radius 1 is 0.477 bits per heavy atom. The molecule has 4 N–H and O–H groups in total. The van der Waals surface area contributed by atoms with Gasteiger partial charge in [-0.15, -0.1) is 0 Å². The van der Waals surface area contributed by atoms with Gasteiger partial charge in [-0.25, -0.2) is 0 Å². The molecule has 10 heteroatoms. The summed E-state index contributed by atoms with van der Waals surface area (Å²) in [6, 6.07) is 0. The molecule has 1 fully saturated rings. The first-order valence-electron chi connectivity index (χ1n) is 25.3. The second kappa shape index (κ2) is 44.5. The Kier molecular flexibility index (Phi) is 40.8. The molecule has 1 aliphatic heterocycles. The first-order valence-corrected chi connectivity index (χ1v) is 25.3. The zero-order valence-electron chi connectivity index (χ0n) is 40.4. The van der Waals surface area contributed by atoms with Crippen LogP contribution in [0.5, 0.6) is 0 Å². The maximum Gasteiger partial charge on any atom is 0.306 e. The van der Waals surface area contributed by atoms with Crippen LogP contribution in [0.15, 0.2) is 97.2 Å². The van der Waals surface area contributed by atoms with E-state index >= 15 is 0 Å². The van der Waals surface area contributed by atoms with Crippen molar-refractivity contribution in [3.8, 4) is 0 Å². The average Bonchev–Trinajstić information content (AvgIpc) is 3.30. The minimum Gasteiger partial charge on any atom is -0.462 e. The van der Waals surface area contributed by atoms with E-state index < -0.39 is 55.4 Å². The van der Waals surface area contributed by atoms with Crippen molar-refractivity contribution in [3.63, 3.8) is 0 Å². The van der Waals surface area contributed by atoms with Gasteiger partial charge in [0.15, 0.2) is 12.4 Å². The maximum absolute atomic E-state index is 12.8. The Hall–Kier alpha value is -3.38. The molecule has 1 heterocycles. The fraction of sp³-hybridized carbons (Fsp3) is 0.673. The highest BCUT2D eigenvalue weighted by Crippen LogP contribution is 2.23. The number of esters is 2. The molecule has 0 spiro atoms. The van der Waals surface area contributed by atoms with Crippen LogP contribution in [0.4, 0.5) is 0 Å². The van der Waals surface area contributed by atoms with Gasteiger partial charge >= 0.3 is 11.9 Å². The molecule has 0 saturated carbocycles. The van der Waals surface area contributed by atoms with Gasteiger partial charge in [0, 0.05) is 12.8 Å². The van der Waals surface area contributed by atoms with E-state index in [9.17, 15) is 30.0 Å². The first-order chi connectivity index (χ1) is 31.8. The second-order valence-corrected chi connectivity index (χ2v) is 16.9. The molecule has 6 unspecified atom stereocenters. The number of hydrogen-bond donors (Lipinski definition) is 4. The normalized spacial score (nSPS) is 20.1. The highest BCUT2D eigenvalue weighted by atomic mass is 16.7. The van der Waals surface area contributed by atoms with E-state index in [1.165, 1.54) is 25.7 Å². The summed E-state index contributed by atoms with van der Waals surface area (Å²) in [7, 11) is 0. The lowest BCUT2D eigenvalue weighted by molar-refractivity contribution is -0.305. The number of carbonyl (C=O) groups is 2. The van der Waals surface area contributed by atoms with E-state index in [0.717, 1.165) is 116 Å². The third-order valence-electron chi connectivity index (χ3n) is 11.0. The molecule has 0 aromatic rings. The van der Waals surface area contributed by atoms with Crippen molar-refractivity contribution < 1.29 is 49.0 Å². The van der Waals surface area contributed by atoms with E-state index in [2.05, 4.69) is 111 Å². The molecular weight excluding hydrogens is 821 g/mol. The van der Waals surface area contributed by atoms with Crippen LogP contribution in [0.2, 0.25) is 0 Å². The Morgan fingerprint density at radius 3 is 1.29 bits per heavy atom. The Labute approximate surface area is 394 Å². The lowest BCUT2D eigenvalue weighted by Crippen LogP contribution is -2.59. The Bertz CT molecular complexity index is 1380. The zero-order valence-corrected chi connectivity index (χ0v) is 40.4. The molecule has 6 atom stereocenters. The fourth-order valence-electron chi connectivity index (χ4n) is 7.05. The third kappa shape index (κ3) is 35.5. The summed E-state index contributed by atoms with van der Waals surface area (Å²) in [5, 5.41) is 40.2. The van der Waals surface area contributed by atoms with Crippen LogP contribution in [-0.2, 0) is 28.5 Å². The van der Waals surface area contributed by atoms with Crippen molar-refractivity contribution in [2.75, 3.05) is 19.8 Å². The van der Waals surface area contributed by atoms with Gasteiger partial charge in [0.25, 0.3) is 0 Å². The third-order valence-corrected chi connectivity index (χ3v) is 11.0. The van der Waals surface area contributed by atoms with Crippen LogP contribution in [0.3, 0.4) is 0 Å². The molecule has 0 amide bonds. The van der Waals surface area contributed by atoms with Crippen LogP contribution >= 0.6 is 0 Å². The lowest BCUT2D eigenvalue weighted by Gasteiger charge is -2.39. The van der Waals surface area contributed by atoms with Crippen LogP contribution in [0, 0.1) is 0 Å². The van der Waals surface area contributed by atoms with Gasteiger partial charge in [0.2, 0.25) is 0 Å². The summed E-state index contributed by atoms with van der Waals surface area (Å²) in [6.45, 7) is 3.17. The van der Waals surface area contributed by atoms with E-state index in [4.69, 9.17) is 18.9 Å². The molecule has 1 rings (SSSR count). The molecule has 0 aliphatic carbocycles. The number of unbranched alkanes of at least 4 members (excludes halogenated alkanes) is 14. The molecule has 1 saturated heterocycles. The highest BCUT2D eigenvalue weighted by Gasteiger charge is 2.44. The van der Waals surface area contributed by atoms with Crippen molar-refractivity contribution in [2.45, 2.75) is 218 Å². The van der Waals surface area contributed by atoms with Gasteiger partial charge < -0.3 is 39.4 Å². The first kappa shape index (κ1) is 59.6. The van der Waals surface area contributed by atoms with Crippen molar-refractivity contribution in [1.29, 1.82) is 0 Å². The van der Waals surface area contributed by atoms with Gasteiger partial charge in [-0.05, 0) is 89.9 Å². The number of hydrogen-bond acceptors (Lipinski definition) is 10. The number of aliphatic hydroxyl groups excluding tert-OH is 4. The summed E-state index contributed by atoms with van der Waals surface area (Å²) >= 11 is 0. The number of carbonyl (C=O) groups excluding carboxylic acids is 2. The molecule has 10 nitrogen and oxygen atoms in total. The lowest BCUT2D eigenvalue weighted by atomic mass is 9.99. The van der Waals surface area contributed by atoms with E-state index in [0.29, 0.717) is 12.8 Å². The van der Waals surface area contributed by atoms with Crippen LogP contribution < -0.4 is 0 Å². The predicted molar refractivity (Wildman–Crippen MR) is 265 cm³/mol. The van der Waals surface area contributed by atoms with Gasteiger partial charge in [0.1, 0.15) is 31.0 Å². The maximum atomic E-state index is 12.8.